The van der Waals surface area contributed by atoms with E-state index in [2.05, 4.69) is 24.7 Å². The Morgan fingerprint density at radius 1 is 0.660 bits per heavy atom. The average molecular weight is 635 g/mol. The van der Waals surface area contributed by atoms with Gasteiger partial charge in [0.25, 0.3) is 0 Å². The Labute approximate surface area is 269 Å². The maximum absolute atomic E-state index is 11.5. The number of furan rings is 2. The molecule has 47 heavy (non-hydrogen) atoms. The van der Waals surface area contributed by atoms with E-state index in [0.29, 0.717) is 46.8 Å². The SMILES string of the molecule is COC(=O)c1cc(COc2ccc(-c3ncccn3)cc2)c(C)o1.Cc1oc(C(=O)O)cc1COc1ccc(-c2ncccn2)cc1. The second kappa shape index (κ2) is 15.1. The Kier molecular flexibility index (Phi) is 10.3. The number of methoxy groups -OCH3 is 1. The van der Waals surface area contributed by atoms with Crippen molar-refractivity contribution in [3.8, 4) is 34.3 Å². The summed E-state index contributed by atoms with van der Waals surface area (Å²) in [5, 5.41) is 8.90. The quantitative estimate of drug-likeness (QED) is 0.158. The number of carbonyl (C=O) groups is 2. The summed E-state index contributed by atoms with van der Waals surface area (Å²) < 4.78 is 26.5. The summed E-state index contributed by atoms with van der Waals surface area (Å²) in [6.45, 7) is 4.03. The first-order valence-electron chi connectivity index (χ1n) is 14.3. The molecule has 0 aliphatic carbocycles. The molecule has 12 nitrogen and oxygen atoms in total. The molecule has 6 aromatic rings. The first-order chi connectivity index (χ1) is 22.8. The fraction of sp³-hybridized carbons (Fsp3) is 0.143. The highest BCUT2D eigenvalue weighted by atomic mass is 16.5. The zero-order chi connectivity index (χ0) is 33.2. The van der Waals surface area contributed by atoms with E-state index < -0.39 is 11.9 Å². The number of hydrogen-bond acceptors (Lipinski definition) is 11. The Balaban J connectivity index is 0.000000185. The van der Waals surface area contributed by atoms with Crippen molar-refractivity contribution in [3.63, 3.8) is 0 Å². The van der Waals surface area contributed by atoms with E-state index in [-0.39, 0.29) is 18.1 Å². The van der Waals surface area contributed by atoms with Gasteiger partial charge in [-0.2, -0.15) is 0 Å². The highest BCUT2D eigenvalue weighted by molar-refractivity contribution is 5.86. The van der Waals surface area contributed by atoms with Crippen LogP contribution in [0.1, 0.15) is 43.8 Å². The van der Waals surface area contributed by atoms with Gasteiger partial charge in [0.05, 0.1) is 7.11 Å². The van der Waals surface area contributed by atoms with Crippen LogP contribution in [0.4, 0.5) is 0 Å². The van der Waals surface area contributed by atoms with Crippen molar-refractivity contribution < 1.29 is 37.7 Å². The molecule has 0 aliphatic heterocycles. The van der Waals surface area contributed by atoms with Gasteiger partial charge in [-0.25, -0.2) is 29.5 Å². The second-order valence-corrected chi connectivity index (χ2v) is 9.95. The highest BCUT2D eigenvalue weighted by Gasteiger charge is 2.15. The van der Waals surface area contributed by atoms with Gasteiger partial charge >= 0.3 is 11.9 Å². The molecule has 0 saturated heterocycles. The topological polar surface area (TPSA) is 160 Å². The number of carboxylic acids is 1. The first-order valence-corrected chi connectivity index (χ1v) is 14.3. The lowest BCUT2D eigenvalue weighted by atomic mass is 10.2. The second-order valence-electron chi connectivity index (χ2n) is 9.95. The third-order valence-electron chi connectivity index (χ3n) is 6.78. The van der Waals surface area contributed by atoms with Crippen LogP contribution in [-0.2, 0) is 18.0 Å². The number of benzene rings is 2. The van der Waals surface area contributed by atoms with Crippen molar-refractivity contribution in [1.82, 2.24) is 19.9 Å². The molecule has 238 valence electrons. The standard InChI is InChI=1S/C18H16N2O4.C17H14N2O4/c1-12-14(10-16(24-12)18(21)22-2)11-23-15-6-4-13(5-7-15)17-19-8-3-9-20-17;1-11-13(9-15(23-11)17(20)21)10-22-14-5-3-12(4-6-14)16-18-7-2-8-19-16/h3-10H,11H2,1-2H3;2-9H,10H2,1H3,(H,20,21). The zero-order valence-electron chi connectivity index (χ0n) is 25.7. The molecule has 1 N–H and O–H groups in total. The number of ether oxygens (including phenoxy) is 3. The Bertz CT molecular complexity index is 1920. The number of esters is 1. The summed E-state index contributed by atoms with van der Waals surface area (Å²) >= 11 is 0. The number of carboxylic acid groups (broad SMARTS) is 1. The van der Waals surface area contributed by atoms with Gasteiger partial charge in [-0.3, -0.25) is 0 Å². The van der Waals surface area contributed by atoms with Gasteiger partial charge in [-0.05, 0) is 86.6 Å². The van der Waals surface area contributed by atoms with Crippen molar-refractivity contribution in [3.05, 3.63) is 132 Å². The molecular weight excluding hydrogens is 604 g/mol. The number of aryl methyl sites for hydroxylation is 2. The van der Waals surface area contributed by atoms with Gasteiger partial charge < -0.3 is 28.2 Å². The zero-order valence-corrected chi connectivity index (χ0v) is 25.7. The lowest BCUT2D eigenvalue weighted by Crippen LogP contribution is -1.99. The van der Waals surface area contributed by atoms with Crippen molar-refractivity contribution in [1.29, 1.82) is 0 Å². The van der Waals surface area contributed by atoms with Crippen LogP contribution < -0.4 is 9.47 Å². The van der Waals surface area contributed by atoms with Crippen molar-refractivity contribution >= 4 is 11.9 Å². The number of hydrogen-bond donors (Lipinski definition) is 1. The minimum Gasteiger partial charge on any atom is -0.489 e. The lowest BCUT2D eigenvalue weighted by Gasteiger charge is -2.06. The summed E-state index contributed by atoms with van der Waals surface area (Å²) in [4.78, 5) is 39.1. The molecule has 0 unspecified atom stereocenters. The normalized spacial score (nSPS) is 10.4. The van der Waals surface area contributed by atoms with E-state index in [1.54, 1.807) is 56.8 Å². The first kappa shape index (κ1) is 32.1. The summed E-state index contributed by atoms with van der Waals surface area (Å²) in [6.07, 6.45) is 6.78. The maximum atomic E-state index is 11.5. The maximum Gasteiger partial charge on any atom is 0.373 e. The van der Waals surface area contributed by atoms with Crippen LogP contribution in [0.2, 0.25) is 0 Å². The van der Waals surface area contributed by atoms with E-state index in [0.717, 1.165) is 16.7 Å². The fourth-order valence-corrected chi connectivity index (χ4v) is 4.25. The monoisotopic (exact) mass is 634 g/mol. The smallest absolute Gasteiger partial charge is 0.373 e. The van der Waals surface area contributed by atoms with E-state index in [1.165, 1.54) is 13.2 Å². The van der Waals surface area contributed by atoms with E-state index in [9.17, 15) is 9.59 Å². The fourth-order valence-electron chi connectivity index (χ4n) is 4.25. The van der Waals surface area contributed by atoms with Crippen molar-refractivity contribution in [2.75, 3.05) is 7.11 Å². The minimum atomic E-state index is -1.09. The molecule has 4 heterocycles. The number of aromatic nitrogens is 4. The number of aromatic carboxylic acids is 1. The molecule has 12 heteroatoms. The number of carbonyl (C=O) groups excluding carboxylic acids is 1. The molecule has 0 amide bonds. The van der Waals surface area contributed by atoms with Gasteiger partial charge in [-0.1, -0.05) is 0 Å². The van der Waals surface area contributed by atoms with Gasteiger partial charge in [0, 0.05) is 47.0 Å². The van der Waals surface area contributed by atoms with Gasteiger partial charge in [0.2, 0.25) is 11.5 Å². The van der Waals surface area contributed by atoms with Crippen molar-refractivity contribution in [2.45, 2.75) is 27.1 Å². The molecule has 0 fully saturated rings. The van der Waals surface area contributed by atoms with Crippen LogP contribution in [0.3, 0.4) is 0 Å². The van der Waals surface area contributed by atoms with Crippen molar-refractivity contribution in [2.24, 2.45) is 0 Å². The largest absolute Gasteiger partial charge is 0.489 e. The lowest BCUT2D eigenvalue weighted by molar-refractivity contribution is 0.0563. The van der Waals surface area contributed by atoms with Crippen LogP contribution >= 0.6 is 0 Å². The predicted octanol–water partition coefficient (Wildman–Crippen LogP) is 6.73. The summed E-state index contributed by atoms with van der Waals surface area (Å²) in [5.74, 6) is 2.35. The van der Waals surface area contributed by atoms with Gasteiger partial charge in [-0.15, -0.1) is 0 Å². The molecule has 6 rings (SSSR count). The Hall–Kier alpha value is -6.30. The molecule has 0 aliphatic rings. The molecule has 4 aromatic heterocycles. The predicted molar refractivity (Wildman–Crippen MR) is 169 cm³/mol. The minimum absolute atomic E-state index is 0.0855. The third-order valence-corrected chi connectivity index (χ3v) is 6.78. The van der Waals surface area contributed by atoms with Gasteiger partial charge in [0.15, 0.2) is 11.6 Å². The molecule has 0 radical (unpaired) electrons. The molecule has 0 bridgehead atoms. The third kappa shape index (κ3) is 8.45. The summed E-state index contributed by atoms with van der Waals surface area (Å²) in [5.41, 5.74) is 3.31. The summed E-state index contributed by atoms with van der Waals surface area (Å²) in [6, 6.07) is 21.5. The molecular formula is C35H30N4O8. The Morgan fingerprint density at radius 3 is 1.45 bits per heavy atom. The summed E-state index contributed by atoms with van der Waals surface area (Å²) in [7, 11) is 1.31. The van der Waals surface area contributed by atoms with E-state index in [1.807, 2.05) is 48.5 Å². The van der Waals surface area contributed by atoms with Crippen LogP contribution in [0.5, 0.6) is 11.5 Å². The van der Waals surface area contributed by atoms with Crippen LogP contribution in [0, 0.1) is 13.8 Å². The van der Waals surface area contributed by atoms with E-state index in [4.69, 9.17) is 23.4 Å². The average Bonchev–Trinajstić information content (AvgIpc) is 3.69. The van der Waals surface area contributed by atoms with Gasteiger partial charge in [0.1, 0.15) is 36.2 Å². The number of rotatable bonds is 10. The Morgan fingerprint density at radius 2 is 1.06 bits per heavy atom. The van der Waals surface area contributed by atoms with Crippen LogP contribution in [0.25, 0.3) is 22.8 Å². The van der Waals surface area contributed by atoms with Crippen LogP contribution in [-0.4, -0.2) is 44.1 Å². The highest BCUT2D eigenvalue weighted by Crippen LogP contribution is 2.23. The molecule has 2 aromatic carbocycles. The molecule has 0 saturated carbocycles. The molecule has 0 spiro atoms. The number of nitrogens with zero attached hydrogens (tertiary/aromatic N) is 4. The van der Waals surface area contributed by atoms with Crippen LogP contribution in [0.15, 0.2) is 106 Å². The molecule has 0 atom stereocenters. The van der Waals surface area contributed by atoms with E-state index >= 15 is 0 Å².